The lowest BCUT2D eigenvalue weighted by atomic mass is 9.87. The van der Waals surface area contributed by atoms with Crippen LogP contribution in [0, 0.1) is 6.92 Å². The first-order chi connectivity index (χ1) is 15.9. The molecule has 0 radical (unpaired) electrons. The summed E-state index contributed by atoms with van der Waals surface area (Å²) >= 11 is 6.51. The number of carbonyl (C=O) groups is 1. The van der Waals surface area contributed by atoms with E-state index < -0.39 is 5.54 Å². The number of aryl methyl sites for hydroxylation is 2. The molecule has 4 aromatic rings. The first-order valence-corrected chi connectivity index (χ1v) is 11.3. The summed E-state index contributed by atoms with van der Waals surface area (Å²) in [7, 11) is 1.88. The molecular formula is C24H25ClN6O2. The number of amides is 1. The van der Waals surface area contributed by atoms with Crippen molar-refractivity contribution in [3.63, 3.8) is 0 Å². The minimum Gasteiger partial charge on any atom is -0.379 e. The summed E-state index contributed by atoms with van der Waals surface area (Å²) in [5.41, 5.74) is 3.95. The molecule has 1 fully saturated rings. The zero-order valence-electron chi connectivity index (χ0n) is 18.7. The molecule has 3 heterocycles. The highest BCUT2D eigenvalue weighted by molar-refractivity contribution is 6.36. The fourth-order valence-corrected chi connectivity index (χ4v) is 4.75. The molecule has 0 saturated carbocycles. The monoisotopic (exact) mass is 464 g/mol. The van der Waals surface area contributed by atoms with Gasteiger partial charge in [0.05, 0.1) is 17.2 Å². The van der Waals surface area contributed by atoms with Crippen molar-refractivity contribution in [1.82, 2.24) is 30.5 Å². The number of rotatable bonds is 5. The van der Waals surface area contributed by atoms with Gasteiger partial charge in [-0.05, 0) is 35.7 Å². The molecule has 9 heteroatoms. The number of aromatic nitrogens is 5. The Labute approximate surface area is 196 Å². The minimum absolute atomic E-state index is 0.00664. The van der Waals surface area contributed by atoms with Gasteiger partial charge in [0.25, 0.3) is 5.91 Å². The molecule has 1 saturated heterocycles. The van der Waals surface area contributed by atoms with Crippen molar-refractivity contribution in [3.8, 4) is 0 Å². The molecule has 2 N–H and O–H groups in total. The number of nitrogens with one attached hydrogen (secondary N) is 2. The van der Waals surface area contributed by atoms with Crippen LogP contribution in [0.25, 0.3) is 10.9 Å². The maximum absolute atomic E-state index is 13.4. The number of hydrogen-bond donors (Lipinski definition) is 2. The summed E-state index contributed by atoms with van der Waals surface area (Å²) < 4.78 is 7.62. The number of carbonyl (C=O) groups excluding carboxylic acids is 1. The maximum Gasteiger partial charge on any atom is 0.268 e. The highest BCUT2D eigenvalue weighted by Gasteiger charge is 2.39. The van der Waals surface area contributed by atoms with Gasteiger partial charge in [-0.15, -0.1) is 10.2 Å². The second-order valence-corrected chi connectivity index (χ2v) is 9.05. The molecule has 1 amide bonds. The van der Waals surface area contributed by atoms with E-state index in [0.29, 0.717) is 36.2 Å². The Bertz CT molecular complexity index is 1310. The van der Waals surface area contributed by atoms with Crippen LogP contribution < -0.4 is 5.32 Å². The number of benzene rings is 2. The summed E-state index contributed by atoms with van der Waals surface area (Å²) in [5, 5.41) is 19.1. The van der Waals surface area contributed by atoms with Crippen molar-refractivity contribution in [1.29, 1.82) is 0 Å². The van der Waals surface area contributed by atoms with Crippen LogP contribution >= 0.6 is 11.6 Å². The highest BCUT2D eigenvalue weighted by Crippen LogP contribution is 2.34. The second kappa shape index (κ2) is 8.28. The average molecular weight is 465 g/mol. The Morgan fingerprint density at radius 3 is 2.73 bits per heavy atom. The highest BCUT2D eigenvalue weighted by atomic mass is 35.5. The summed E-state index contributed by atoms with van der Waals surface area (Å²) in [6, 6.07) is 14.0. The molecule has 1 aliphatic rings. The van der Waals surface area contributed by atoms with E-state index in [9.17, 15) is 4.79 Å². The number of hydrogen-bond acceptors (Lipinski definition) is 5. The van der Waals surface area contributed by atoms with Gasteiger partial charge in [0.2, 0.25) is 0 Å². The molecular weight excluding hydrogens is 440 g/mol. The van der Waals surface area contributed by atoms with Crippen LogP contribution in [0.15, 0.2) is 42.5 Å². The van der Waals surface area contributed by atoms with Crippen LogP contribution in [0.3, 0.4) is 0 Å². The second-order valence-electron chi connectivity index (χ2n) is 8.67. The van der Waals surface area contributed by atoms with Gasteiger partial charge in [0.15, 0.2) is 5.82 Å². The molecule has 33 heavy (non-hydrogen) atoms. The van der Waals surface area contributed by atoms with Gasteiger partial charge in [-0.3, -0.25) is 4.79 Å². The predicted octanol–water partition coefficient (Wildman–Crippen LogP) is 3.85. The number of ether oxygens (including phenoxy) is 1. The molecule has 0 bridgehead atoms. The molecule has 8 nitrogen and oxygen atoms in total. The van der Waals surface area contributed by atoms with E-state index in [1.165, 1.54) is 0 Å². The number of tetrazole rings is 1. The van der Waals surface area contributed by atoms with Gasteiger partial charge in [-0.1, -0.05) is 54.1 Å². The van der Waals surface area contributed by atoms with Gasteiger partial charge in [-0.2, -0.15) is 5.21 Å². The molecule has 2 atom stereocenters. The van der Waals surface area contributed by atoms with E-state index in [1.54, 1.807) is 0 Å². The van der Waals surface area contributed by atoms with Crippen molar-refractivity contribution < 1.29 is 9.53 Å². The van der Waals surface area contributed by atoms with Crippen LogP contribution in [0.1, 0.15) is 52.3 Å². The first kappa shape index (κ1) is 21.6. The molecule has 2 aromatic heterocycles. The summed E-state index contributed by atoms with van der Waals surface area (Å²) in [6.45, 7) is 5.00. The van der Waals surface area contributed by atoms with Gasteiger partial charge in [0, 0.05) is 36.9 Å². The number of fused-ring (bicyclic) bond motifs is 1. The lowest BCUT2D eigenvalue weighted by Crippen LogP contribution is -2.47. The smallest absolute Gasteiger partial charge is 0.268 e. The molecule has 2 unspecified atom stereocenters. The third kappa shape index (κ3) is 3.69. The fourth-order valence-electron chi connectivity index (χ4n) is 4.54. The van der Waals surface area contributed by atoms with E-state index in [1.807, 2.05) is 67.9 Å². The maximum atomic E-state index is 13.4. The number of nitrogens with zero attached hydrogens (tertiary/aromatic N) is 4. The predicted molar refractivity (Wildman–Crippen MR) is 125 cm³/mol. The van der Waals surface area contributed by atoms with Crippen molar-refractivity contribution in [3.05, 3.63) is 75.7 Å². The topological polar surface area (TPSA) is 97.7 Å². The number of H-pyrrole nitrogens is 1. The zero-order valence-corrected chi connectivity index (χ0v) is 19.5. The molecule has 2 aromatic carbocycles. The standard InChI is InChI=1S/C24H25ClN6O2/c1-14-4-9-19-18(21(14)25)12-20(31(19)3)23(32)26-24(10-11-33-13-24)17-7-5-16(6-8-17)15(2)22-27-29-30-28-22/h4-9,12,15H,10-11,13H2,1-3H3,(H,26,32)(H,27,28,29,30). The Morgan fingerprint density at radius 2 is 2.06 bits per heavy atom. The van der Waals surface area contributed by atoms with Crippen LogP contribution in [-0.2, 0) is 17.3 Å². The van der Waals surface area contributed by atoms with Crippen LogP contribution in [0.5, 0.6) is 0 Å². The molecule has 170 valence electrons. The Kier molecular flexibility index (Phi) is 5.42. The van der Waals surface area contributed by atoms with Crippen molar-refractivity contribution >= 4 is 28.4 Å². The first-order valence-electron chi connectivity index (χ1n) is 10.9. The molecule has 0 aliphatic carbocycles. The Morgan fingerprint density at radius 1 is 1.27 bits per heavy atom. The van der Waals surface area contributed by atoms with Gasteiger partial charge >= 0.3 is 0 Å². The lowest BCUT2D eigenvalue weighted by Gasteiger charge is -2.30. The Balaban J connectivity index is 1.44. The van der Waals surface area contributed by atoms with Gasteiger partial charge in [-0.25, -0.2) is 0 Å². The third-order valence-electron chi connectivity index (χ3n) is 6.67. The van der Waals surface area contributed by atoms with Crippen LogP contribution in [-0.4, -0.2) is 44.3 Å². The SMILES string of the molecule is Cc1ccc2c(cc(C(=O)NC3(c4ccc(C(C)c5nn[nH]n5)cc4)CCOC3)n2C)c1Cl. The molecule has 5 rings (SSSR count). The fraction of sp³-hybridized carbons (Fsp3) is 0.333. The number of aromatic amines is 1. The molecule has 1 aliphatic heterocycles. The van der Waals surface area contributed by atoms with E-state index in [2.05, 4.69) is 25.9 Å². The van der Waals surface area contributed by atoms with Crippen molar-refractivity contribution in [2.75, 3.05) is 13.2 Å². The third-order valence-corrected chi connectivity index (χ3v) is 7.17. The molecule has 0 spiro atoms. The largest absolute Gasteiger partial charge is 0.379 e. The summed E-state index contributed by atoms with van der Waals surface area (Å²) in [5.74, 6) is 0.490. The summed E-state index contributed by atoms with van der Waals surface area (Å²) in [4.78, 5) is 13.4. The van der Waals surface area contributed by atoms with Gasteiger partial charge in [0.1, 0.15) is 5.69 Å². The lowest BCUT2D eigenvalue weighted by molar-refractivity contribution is 0.0868. The quantitative estimate of drug-likeness (QED) is 0.467. The van der Waals surface area contributed by atoms with E-state index >= 15 is 0 Å². The zero-order chi connectivity index (χ0) is 23.2. The van der Waals surface area contributed by atoms with E-state index in [0.717, 1.165) is 27.6 Å². The number of halogens is 1. The van der Waals surface area contributed by atoms with Crippen molar-refractivity contribution in [2.24, 2.45) is 7.05 Å². The van der Waals surface area contributed by atoms with Crippen LogP contribution in [0.2, 0.25) is 5.02 Å². The van der Waals surface area contributed by atoms with Crippen molar-refractivity contribution in [2.45, 2.75) is 31.7 Å². The van der Waals surface area contributed by atoms with Gasteiger partial charge < -0.3 is 14.6 Å². The van der Waals surface area contributed by atoms with Crippen LogP contribution in [0.4, 0.5) is 0 Å². The van der Waals surface area contributed by atoms with E-state index in [-0.39, 0.29) is 11.8 Å². The summed E-state index contributed by atoms with van der Waals surface area (Å²) in [6.07, 6.45) is 0.697. The normalized spacial score (nSPS) is 19.2. The van der Waals surface area contributed by atoms with E-state index in [4.69, 9.17) is 16.3 Å². The Hall–Kier alpha value is -3.23. The average Bonchev–Trinajstić information content (AvgIpc) is 3.57. The minimum atomic E-state index is -0.596.